The van der Waals surface area contributed by atoms with Crippen molar-refractivity contribution in [3.8, 4) is 0 Å². The summed E-state index contributed by atoms with van der Waals surface area (Å²) in [5.41, 5.74) is 1.36. The van der Waals surface area contributed by atoms with Crippen LogP contribution in [-0.4, -0.2) is 24.1 Å². The molecule has 0 spiro atoms. The average molecular weight is 273 g/mol. The Kier molecular flexibility index (Phi) is 4.56. The smallest absolute Gasteiger partial charge is 0.128 e. The van der Waals surface area contributed by atoms with Crippen LogP contribution >= 0.6 is 0 Å². The molecule has 2 aliphatic carbocycles. The van der Waals surface area contributed by atoms with Crippen LogP contribution in [0.25, 0.3) is 0 Å². The van der Waals surface area contributed by atoms with Crippen molar-refractivity contribution in [2.24, 2.45) is 0 Å². The van der Waals surface area contributed by atoms with Crippen molar-refractivity contribution < 1.29 is 0 Å². The quantitative estimate of drug-likeness (QED) is 0.832. The third-order valence-corrected chi connectivity index (χ3v) is 4.72. The van der Waals surface area contributed by atoms with Gasteiger partial charge < -0.3 is 10.2 Å². The molecule has 2 saturated carbocycles. The van der Waals surface area contributed by atoms with E-state index in [1.165, 1.54) is 56.9 Å². The minimum absolute atomic E-state index is 0.677. The molecule has 3 heteroatoms. The van der Waals surface area contributed by atoms with Crippen molar-refractivity contribution in [2.45, 2.75) is 70.0 Å². The van der Waals surface area contributed by atoms with Gasteiger partial charge in [0, 0.05) is 31.9 Å². The van der Waals surface area contributed by atoms with Gasteiger partial charge in [0.25, 0.3) is 0 Å². The molecule has 0 bridgehead atoms. The molecule has 0 atom stereocenters. The lowest BCUT2D eigenvalue weighted by molar-refractivity contribution is 0.549. The van der Waals surface area contributed by atoms with E-state index < -0.39 is 0 Å². The second-order valence-corrected chi connectivity index (χ2v) is 6.43. The van der Waals surface area contributed by atoms with Crippen LogP contribution in [-0.2, 0) is 6.54 Å². The molecule has 0 saturated heterocycles. The molecule has 20 heavy (non-hydrogen) atoms. The van der Waals surface area contributed by atoms with Crippen molar-refractivity contribution in [1.82, 2.24) is 10.3 Å². The molecule has 1 aromatic heterocycles. The summed E-state index contributed by atoms with van der Waals surface area (Å²) in [7, 11) is 2.22. The number of hydrogen-bond acceptors (Lipinski definition) is 3. The van der Waals surface area contributed by atoms with E-state index in [4.69, 9.17) is 0 Å². The van der Waals surface area contributed by atoms with Gasteiger partial charge in [0.2, 0.25) is 0 Å². The van der Waals surface area contributed by atoms with Crippen LogP contribution in [0.1, 0.15) is 56.9 Å². The molecule has 0 aliphatic heterocycles. The fourth-order valence-electron chi connectivity index (χ4n) is 3.15. The van der Waals surface area contributed by atoms with E-state index in [0.29, 0.717) is 6.04 Å². The zero-order valence-corrected chi connectivity index (χ0v) is 12.6. The first-order valence-electron chi connectivity index (χ1n) is 8.24. The highest BCUT2D eigenvalue weighted by Crippen LogP contribution is 2.25. The van der Waals surface area contributed by atoms with Crippen LogP contribution < -0.4 is 10.2 Å². The highest BCUT2D eigenvalue weighted by atomic mass is 15.2. The number of nitrogens with zero attached hydrogens (tertiary/aromatic N) is 2. The second-order valence-electron chi connectivity index (χ2n) is 6.43. The van der Waals surface area contributed by atoms with Crippen LogP contribution in [0.5, 0.6) is 0 Å². The molecular formula is C17H27N3. The van der Waals surface area contributed by atoms with E-state index in [0.717, 1.165) is 18.4 Å². The van der Waals surface area contributed by atoms with E-state index in [2.05, 4.69) is 34.4 Å². The van der Waals surface area contributed by atoms with Gasteiger partial charge in [-0.15, -0.1) is 0 Å². The minimum Gasteiger partial charge on any atom is -0.357 e. The van der Waals surface area contributed by atoms with Crippen molar-refractivity contribution in [1.29, 1.82) is 0 Å². The molecule has 1 aromatic rings. The van der Waals surface area contributed by atoms with Gasteiger partial charge in [-0.05, 0) is 43.4 Å². The Labute approximate surface area is 122 Å². The van der Waals surface area contributed by atoms with Gasteiger partial charge in [-0.1, -0.05) is 25.7 Å². The highest BCUT2D eigenvalue weighted by molar-refractivity contribution is 5.41. The number of rotatable bonds is 5. The fourth-order valence-corrected chi connectivity index (χ4v) is 3.15. The first kappa shape index (κ1) is 13.9. The molecule has 3 rings (SSSR count). The molecule has 2 fully saturated rings. The van der Waals surface area contributed by atoms with Gasteiger partial charge in [-0.3, -0.25) is 0 Å². The van der Waals surface area contributed by atoms with Crippen molar-refractivity contribution in [3.63, 3.8) is 0 Å². The molecule has 0 radical (unpaired) electrons. The highest BCUT2D eigenvalue weighted by Gasteiger charge is 2.21. The standard InChI is InChI=1S/C17H27N3/c1-20(16-6-4-2-3-5-7-16)17-12-14(10-11-18-17)13-19-15-8-9-15/h10-12,15-16,19H,2-9,13H2,1H3. The van der Waals surface area contributed by atoms with Crippen molar-refractivity contribution in [2.75, 3.05) is 11.9 Å². The van der Waals surface area contributed by atoms with E-state index in [1.54, 1.807) is 0 Å². The molecule has 1 N–H and O–H groups in total. The van der Waals surface area contributed by atoms with Gasteiger partial charge in [0.1, 0.15) is 5.82 Å². The Morgan fingerprint density at radius 2 is 1.90 bits per heavy atom. The molecule has 0 unspecified atom stereocenters. The maximum Gasteiger partial charge on any atom is 0.128 e. The van der Waals surface area contributed by atoms with E-state index in [1.807, 2.05) is 6.20 Å². The summed E-state index contributed by atoms with van der Waals surface area (Å²) in [6.07, 6.45) is 12.9. The summed E-state index contributed by atoms with van der Waals surface area (Å²) in [5, 5.41) is 3.58. The largest absolute Gasteiger partial charge is 0.357 e. The minimum atomic E-state index is 0.677. The summed E-state index contributed by atoms with van der Waals surface area (Å²) in [6.45, 7) is 0.985. The average Bonchev–Trinajstić information content (AvgIpc) is 3.31. The third-order valence-electron chi connectivity index (χ3n) is 4.72. The van der Waals surface area contributed by atoms with Crippen molar-refractivity contribution in [3.05, 3.63) is 23.9 Å². The van der Waals surface area contributed by atoms with E-state index in [9.17, 15) is 0 Å². The monoisotopic (exact) mass is 273 g/mol. The molecule has 0 amide bonds. The van der Waals surface area contributed by atoms with Crippen molar-refractivity contribution >= 4 is 5.82 Å². The number of hydrogen-bond donors (Lipinski definition) is 1. The maximum absolute atomic E-state index is 4.59. The number of pyridine rings is 1. The van der Waals surface area contributed by atoms with E-state index >= 15 is 0 Å². The summed E-state index contributed by atoms with van der Waals surface area (Å²) in [6, 6.07) is 5.85. The van der Waals surface area contributed by atoms with Crippen LogP contribution in [0, 0.1) is 0 Å². The lowest BCUT2D eigenvalue weighted by Crippen LogP contribution is -2.31. The summed E-state index contributed by atoms with van der Waals surface area (Å²) in [5.74, 6) is 1.15. The molecule has 110 valence electrons. The van der Waals surface area contributed by atoms with Gasteiger partial charge in [-0.25, -0.2) is 4.98 Å². The van der Waals surface area contributed by atoms with Crippen LogP contribution in [0.3, 0.4) is 0 Å². The van der Waals surface area contributed by atoms with Crippen LogP contribution in [0.15, 0.2) is 18.3 Å². The predicted octanol–water partition coefficient (Wildman–Crippen LogP) is 3.49. The Hall–Kier alpha value is -1.09. The summed E-state index contributed by atoms with van der Waals surface area (Å²) >= 11 is 0. The predicted molar refractivity (Wildman–Crippen MR) is 84.0 cm³/mol. The Morgan fingerprint density at radius 1 is 1.15 bits per heavy atom. The SMILES string of the molecule is CN(c1cc(CNC2CC2)ccn1)C1CCCCCC1. The number of anilines is 1. The fraction of sp³-hybridized carbons (Fsp3) is 0.706. The lowest BCUT2D eigenvalue weighted by atomic mass is 10.1. The van der Waals surface area contributed by atoms with Gasteiger partial charge in [-0.2, -0.15) is 0 Å². The first-order valence-corrected chi connectivity index (χ1v) is 8.24. The topological polar surface area (TPSA) is 28.2 Å². The number of aromatic nitrogens is 1. The maximum atomic E-state index is 4.59. The van der Waals surface area contributed by atoms with Gasteiger partial charge >= 0.3 is 0 Å². The molecule has 3 nitrogen and oxygen atoms in total. The zero-order chi connectivity index (χ0) is 13.8. The van der Waals surface area contributed by atoms with E-state index in [-0.39, 0.29) is 0 Å². The molecule has 2 aliphatic rings. The van der Waals surface area contributed by atoms with Crippen LogP contribution in [0.4, 0.5) is 5.82 Å². The lowest BCUT2D eigenvalue weighted by Gasteiger charge is -2.28. The normalized spacial score (nSPS) is 20.6. The molecule has 1 heterocycles. The summed E-state index contributed by atoms with van der Waals surface area (Å²) in [4.78, 5) is 6.99. The van der Waals surface area contributed by atoms with Gasteiger partial charge in [0.05, 0.1) is 0 Å². The molecule has 0 aromatic carbocycles. The van der Waals surface area contributed by atoms with Gasteiger partial charge in [0.15, 0.2) is 0 Å². The first-order chi connectivity index (χ1) is 9.83. The zero-order valence-electron chi connectivity index (χ0n) is 12.6. The second kappa shape index (κ2) is 6.57. The Balaban J connectivity index is 1.63. The number of nitrogens with one attached hydrogen (secondary N) is 1. The molecular weight excluding hydrogens is 246 g/mol. The Bertz CT molecular complexity index is 420. The Morgan fingerprint density at radius 3 is 2.60 bits per heavy atom. The van der Waals surface area contributed by atoms with Crippen LogP contribution in [0.2, 0.25) is 0 Å². The third kappa shape index (κ3) is 3.72. The summed E-state index contributed by atoms with van der Waals surface area (Å²) < 4.78 is 0.